The molecule has 1 N–H and O–H groups in total. The SMILES string of the molecule is Cc1cc(COc2cc(C)c(Cl)c(C)c2)oc1C(=O)O. The molecule has 0 unspecified atom stereocenters. The van der Waals surface area contributed by atoms with Crippen LogP contribution in [-0.2, 0) is 6.61 Å². The van der Waals surface area contributed by atoms with E-state index in [9.17, 15) is 4.79 Å². The molecule has 0 bridgehead atoms. The van der Waals surface area contributed by atoms with Gasteiger partial charge in [0.1, 0.15) is 18.1 Å². The summed E-state index contributed by atoms with van der Waals surface area (Å²) in [4.78, 5) is 10.9. The van der Waals surface area contributed by atoms with E-state index in [1.54, 1.807) is 13.0 Å². The van der Waals surface area contributed by atoms with Crippen LogP contribution in [0, 0.1) is 20.8 Å². The van der Waals surface area contributed by atoms with Crippen molar-refractivity contribution in [3.63, 3.8) is 0 Å². The first kappa shape index (κ1) is 14.5. The first-order valence-electron chi connectivity index (χ1n) is 6.10. The average molecular weight is 295 g/mol. The van der Waals surface area contributed by atoms with Crippen molar-refractivity contribution in [2.45, 2.75) is 27.4 Å². The van der Waals surface area contributed by atoms with E-state index in [1.807, 2.05) is 26.0 Å². The largest absolute Gasteiger partial charge is 0.486 e. The van der Waals surface area contributed by atoms with Crippen molar-refractivity contribution in [3.8, 4) is 5.75 Å². The number of carbonyl (C=O) groups is 1. The molecule has 0 atom stereocenters. The summed E-state index contributed by atoms with van der Waals surface area (Å²) in [5.41, 5.74) is 2.45. The van der Waals surface area contributed by atoms with Crippen molar-refractivity contribution in [1.82, 2.24) is 0 Å². The van der Waals surface area contributed by atoms with Gasteiger partial charge in [0.2, 0.25) is 5.76 Å². The van der Waals surface area contributed by atoms with Crippen molar-refractivity contribution >= 4 is 17.6 Å². The number of hydrogen-bond acceptors (Lipinski definition) is 3. The molecule has 1 heterocycles. The minimum atomic E-state index is -1.08. The van der Waals surface area contributed by atoms with E-state index in [1.165, 1.54) is 0 Å². The van der Waals surface area contributed by atoms with Crippen molar-refractivity contribution in [3.05, 3.63) is 51.4 Å². The van der Waals surface area contributed by atoms with Gasteiger partial charge in [0, 0.05) is 10.6 Å². The molecule has 20 heavy (non-hydrogen) atoms. The highest BCUT2D eigenvalue weighted by Gasteiger charge is 2.14. The number of aryl methyl sites for hydroxylation is 3. The minimum absolute atomic E-state index is 0.0490. The Hall–Kier alpha value is -1.94. The van der Waals surface area contributed by atoms with Gasteiger partial charge in [-0.3, -0.25) is 0 Å². The summed E-state index contributed by atoms with van der Waals surface area (Å²) < 4.78 is 10.8. The zero-order chi connectivity index (χ0) is 14.9. The second-order valence-corrected chi connectivity index (χ2v) is 5.07. The molecule has 2 aromatic rings. The van der Waals surface area contributed by atoms with Gasteiger partial charge in [-0.25, -0.2) is 4.79 Å². The minimum Gasteiger partial charge on any atom is -0.486 e. The van der Waals surface area contributed by atoms with E-state index in [0.717, 1.165) is 16.1 Å². The van der Waals surface area contributed by atoms with Crippen LogP contribution >= 0.6 is 11.6 Å². The lowest BCUT2D eigenvalue weighted by atomic mass is 10.1. The number of rotatable bonds is 4. The summed E-state index contributed by atoms with van der Waals surface area (Å²) in [5, 5.41) is 9.64. The molecule has 0 fully saturated rings. The Bertz CT molecular complexity index is 635. The van der Waals surface area contributed by atoms with Crippen LogP contribution in [0.1, 0.15) is 33.0 Å². The van der Waals surface area contributed by atoms with Gasteiger partial charge in [-0.05, 0) is 50.1 Å². The normalized spacial score (nSPS) is 10.6. The zero-order valence-corrected chi connectivity index (χ0v) is 12.2. The number of carboxylic acid groups (broad SMARTS) is 1. The Kier molecular flexibility index (Phi) is 4.04. The van der Waals surface area contributed by atoms with Crippen LogP contribution in [0.5, 0.6) is 5.75 Å². The van der Waals surface area contributed by atoms with E-state index in [4.69, 9.17) is 25.9 Å². The Labute approximate surface area is 121 Å². The number of benzene rings is 1. The van der Waals surface area contributed by atoms with Gasteiger partial charge >= 0.3 is 5.97 Å². The molecule has 5 heteroatoms. The van der Waals surface area contributed by atoms with Crippen LogP contribution < -0.4 is 4.74 Å². The van der Waals surface area contributed by atoms with E-state index >= 15 is 0 Å². The number of carboxylic acids is 1. The Balaban J connectivity index is 2.13. The molecule has 1 aromatic carbocycles. The number of halogens is 1. The summed E-state index contributed by atoms with van der Waals surface area (Å²) in [6, 6.07) is 5.34. The monoisotopic (exact) mass is 294 g/mol. The zero-order valence-electron chi connectivity index (χ0n) is 11.5. The van der Waals surface area contributed by atoms with Crippen LogP contribution in [0.2, 0.25) is 5.02 Å². The lowest BCUT2D eigenvalue weighted by molar-refractivity contribution is 0.0657. The van der Waals surface area contributed by atoms with Crippen LogP contribution in [0.15, 0.2) is 22.6 Å². The predicted molar refractivity (Wildman–Crippen MR) is 75.7 cm³/mol. The summed E-state index contributed by atoms with van der Waals surface area (Å²) in [6.07, 6.45) is 0. The molecule has 0 aliphatic rings. The number of furan rings is 1. The average Bonchev–Trinajstić information content (AvgIpc) is 2.75. The van der Waals surface area contributed by atoms with E-state index in [-0.39, 0.29) is 12.4 Å². The number of hydrogen-bond donors (Lipinski definition) is 1. The fraction of sp³-hybridized carbons (Fsp3) is 0.267. The van der Waals surface area contributed by atoms with Gasteiger partial charge in [0.05, 0.1) is 0 Å². The van der Waals surface area contributed by atoms with Crippen LogP contribution in [-0.4, -0.2) is 11.1 Å². The maximum absolute atomic E-state index is 10.9. The highest BCUT2D eigenvalue weighted by atomic mass is 35.5. The molecule has 0 amide bonds. The summed E-state index contributed by atoms with van der Waals surface area (Å²) >= 11 is 6.09. The molecule has 1 aromatic heterocycles. The third kappa shape index (κ3) is 2.96. The Morgan fingerprint density at radius 2 is 1.80 bits per heavy atom. The molecule has 0 radical (unpaired) electrons. The quantitative estimate of drug-likeness (QED) is 0.921. The summed E-state index contributed by atoms with van der Waals surface area (Å²) in [6.45, 7) is 5.67. The van der Waals surface area contributed by atoms with Crippen molar-refractivity contribution in [1.29, 1.82) is 0 Å². The molecular weight excluding hydrogens is 280 g/mol. The van der Waals surface area contributed by atoms with Crippen molar-refractivity contribution in [2.24, 2.45) is 0 Å². The third-order valence-corrected chi connectivity index (χ3v) is 3.55. The first-order valence-corrected chi connectivity index (χ1v) is 6.48. The summed E-state index contributed by atoms with van der Waals surface area (Å²) in [7, 11) is 0. The van der Waals surface area contributed by atoms with Crippen LogP contribution in [0.25, 0.3) is 0 Å². The highest BCUT2D eigenvalue weighted by molar-refractivity contribution is 6.32. The first-order chi connectivity index (χ1) is 9.38. The third-order valence-electron chi connectivity index (χ3n) is 2.95. The molecule has 0 saturated heterocycles. The van der Waals surface area contributed by atoms with Gasteiger partial charge in [-0.1, -0.05) is 11.6 Å². The van der Waals surface area contributed by atoms with Gasteiger partial charge in [-0.15, -0.1) is 0 Å². The lowest BCUT2D eigenvalue weighted by Gasteiger charge is -2.08. The maximum atomic E-state index is 10.9. The lowest BCUT2D eigenvalue weighted by Crippen LogP contribution is -1.96. The molecule has 0 aliphatic carbocycles. The molecule has 4 nitrogen and oxygen atoms in total. The van der Waals surface area contributed by atoms with Gasteiger partial charge in [0.25, 0.3) is 0 Å². The Morgan fingerprint density at radius 1 is 1.20 bits per heavy atom. The topological polar surface area (TPSA) is 59.7 Å². The molecule has 2 rings (SSSR count). The van der Waals surface area contributed by atoms with Gasteiger partial charge in [-0.2, -0.15) is 0 Å². The molecule has 0 spiro atoms. The predicted octanol–water partition coefficient (Wildman–Crippen LogP) is 4.14. The van der Waals surface area contributed by atoms with Crippen LogP contribution in [0.3, 0.4) is 0 Å². The van der Waals surface area contributed by atoms with Gasteiger partial charge < -0.3 is 14.3 Å². The fourth-order valence-corrected chi connectivity index (χ4v) is 2.08. The highest BCUT2D eigenvalue weighted by Crippen LogP contribution is 2.26. The number of aromatic carboxylic acids is 1. The fourth-order valence-electron chi connectivity index (χ4n) is 1.98. The van der Waals surface area contributed by atoms with Crippen molar-refractivity contribution < 1.29 is 19.1 Å². The smallest absolute Gasteiger partial charge is 0.372 e. The molecular formula is C15H15ClO4. The van der Waals surface area contributed by atoms with Crippen LogP contribution in [0.4, 0.5) is 0 Å². The molecule has 0 saturated carbocycles. The Morgan fingerprint density at radius 3 is 2.30 bits per heavy atom. The summed E-state index contributed by atoms with van der Waals surface area (Å²) in [5.74, 6) is 0.0273. The van der Waals surface area contributed by atoms with E-state index in [0.29, 0.717) is 17.1 Å². The van der Waals surface area contributed by atoms with E-state index < -0.39 is 5.97 Å². The standard InChI is InChI=1S/C15H15ClO4/c1-8-4-11(5-9(2)13(8)16)19-7-12-6-10(3)14(20-12)15(17)18/h4-6H,7H2,1-3H3,(H,17,18). The second-order valence-electron chi connectivity index (χ2n) is 4.69. The maximum Gasteiger partial charge on any atom is 0.372 e. The van der Waals surface area contributed by atoms with Crippen molar-refractivity contribution in [2.75, 3.05) is 0 Å². The second kappa shape index (κ2) is 5.59. The van der Waals surface area contributed by atoms with Gasteiger partial charge in [0.15, 0.2) is 0 Å². The van der Waals surface area contributed by atoms with E-state index in [2.05, 4.69) is 0 Å². The number of ether oxygens (including phenoxy) is 1. The molecule has 106 valence electrons. The molecule has 0 aliphatic heterocycles.